The molecule has 2 aliphatic carbocycles. The highest BCUT2D eigenvalue weighted by atomic mass is 16.1. The van der Waals surface area contributed by atoms with Crippen molar-refractivity contribution in [2.75, 3.05) is 0 Å². The van der Waals surface area contributed by atoms with Crippen LogP contribution in [0.25, 0.3) is 0 Å². The largest absolute Gasteiger partial charge is 0.299 e. The molecule has 0 saturated heterocycles. The van der Waals surface area contributed by atoms with E-state index in [1.54, 1.807) is 0 Å². The minimum Gasteiger partial charge on any atom is -0.299 e. The Morgan fingerprint density at radius 2 is 2.06 bits per heavy atom. The van der Waals surface area contributed by atoms with Gasteiger partial charge in [0, 0.05) is 24.2 Å². The summed E-state index contributed by atoms with van der Waals surface area (Å²) < 4.78 is 0. The third kappa shape index (κ3) is 1.72. The summed E-state index contributed by atoms with van der Waals surface area (Å²) >= 11 is 0. The molecular formula is C14H22O2. The fraction of sp³-hybridized carbons (Fsp3) is 0.857. The zero-order chi connectivity index (χ0) is 11.9. The van der Waals surface area contributed by atoms with Crippen LogP contribution in [0.2, 0.25) is 0 Å². The van der Waals surface area contributed by atoms with Gasteiger partial charge in [0.15, 0.2) is 0 Å². The quantitative estimate of drug-likeness (QED) is 0.719. The summed E-state index contributed by atoms with van der Waals surface area (Å²) in [5.41, 5.74) is 0.130. The van der Waals surface area contributed by atoms with Crippen molar-refractivity contribution < 1.29 is 9.59 Å². The predicted molar refractivity (Wildman–Crippen MR) is 63.0 cm³/mol. The second-order valence-electron chi connectivity index (χ2n) is 6.15. The summed E-state index contributed by atoms with van der Waals surface area (Å²) in [6.07, 6.45) is 4.85. The Morgan fingerprint density at radius 3 is 2.69 bits per heavy atom. The van der Waals surface area contributed by atoms with Gasteiger partial charge in [-0.1, -0.05) is 20.8 Å². The molecule has 2 saturated carbocycles. The first-order valence-electron chi connectivity index (χ1n) is 6.52. The normalized spacial score (nSPS) is 38.9. The van der Waals surface area contributed by atoms with Crippen LogP contribution in [0, 0.1) is 23.2 Å². The highest BCUT2D eigenvalue weighted by Crippen LogP contribution is 2.53. The molecule has 0 radical (unpaired) electrons. The molecule has 0 N–H and O–H groups in total. The third-order valence-corrected chi connectivity index (χ3v) is 4.63. The second-order valence-corrected chi connectivity index (χ2v) is 6.15. The number of rotatable bonds is 2. The molecule has 2 aliphatic rings. The monoisotopic (exact) mass is 222 g/mol. The van der Waals surface area contributed by atoms with Crippen LogP contribution in [-0.4, -0.2) is 11.6 Å². The SMILES string of the molecule is CC(C)C(=O)[C@H]1CC[C@@]2(C)CCCC(=O)[C@H]12. The van der Waals surface area contributed by atoms with E-state index in [2.05, 4.69) is 6.92 Å². The molecule has 0 aliphatic heterocycles. The van der Waals surface area contributed by atoms with Crippen LogP contribution < -0.4 is 0 Å². The summed E-state index contributed by atoms with van der Waals surface area (Å²) in [6, 6.07) is 0. The minimum atomic E-state index is 0.0257. The van der Waals surface area contributed by atoms with Crippen molar-refractivity contribution in [1.29, 1.82) is 0 Å². The van der Waals surface area contributed by atoms with Gasteiger partial charge < -0.3 is 0 Å². The highest BCUT2D eigenvalue weighted by molar-refractivity contribution is 5.92. The Hall–Kier alpha value is -0.660. The van der Waals surface area contributed by atoms with Gasteiger partial charge in [0.2, 0.25) is 0 Å². The molecule has 0 aromatic carbocycles. The maximum atomic E-state index is 12.1. The fourth-order valence-electron chi connectivity index (χ4n) is 3.74. The van der Waals surface area contributed by atoms with Gasteiger partial charge in [0.05, 0.1) is 0 Å². The van der Waals surface area contributed by atoms with Gasteiger partial charge in [-0.2, -0.15) is 0 Å². The Balaban J connectivity index is 2.24. The predicted octanol–water partition coefficient (Wildman–Crippen LogP) is 3.00. The van der Waals surface area contributed by atoms with Crippen LogP contribution in [0.15, 0.2) is 0 Å². The van der Waals surface area contributed by atoms with E-state index in [1.807, 2.05) is 13.8 Å². The van der Waals surface area contributed by atoms with Crippen LogP contribution in [-0.2, 0) is 9.59 Å². The first-order chi connectivity index (χ1) is 7.46. The van der Waals surface area contributed by atoms with Crippen molar-refractivity contribution in [3.63, 3.8) is 0 Å². The van der Waals surface area contributed by atoms with E-state index >= 15 is 0 Å². The number of hydrogen-bond acceptors (Lipinski definition) is 2. The number of hydrogen-bond donors (Lipinski definition) is 0. The number of carbonyl (C=O) groups is 2. The van der Waals surface area contributed by atoms with Crippen molar-refractivity contribution in [1.82, 2.24) is 0 Å². The fourth-order valence-corrected chi connectivity index (χ4v) is 3.74. The summed E-state index contributed by atoms with van der Waals surface area (Å²) in [4.78, 5) is 24.2. The Bertz CT molecular complexity index is 319. The number of fused-ring (bicyclic) bond motifs is 1. The standard InChI is InChI=1S/C14H22O2/c1-9(2)13(16)10-6-8-14(3)7-4-5-11(15)12(10)14/h9-10,12H,4-8H2,1-3H3/t10-,12-,14+/m0/s1. The van der Waals surface area contributed by atoms with Gasteiger partial charge in [0.25, 0.3) is 0 Å². The lowest BCUT2D eigenvalue weighted by Crippen LogP contribution is -2.39. The summed E-state index contributed by atoms with van der Waals surface area (Å²) in [6.45, 7) is 6.11. The number of carbonyl (C=O) groups excluding carboxylic acids is 2. The topological polar surface area (TPSA) is 34.1 Å². The highest BCUT2D eigenvalue weighted by Gasteiger charge is 2.52. The van der Waals surface area contributed by atoms with Crippen molar-refractivity contribution in [2.45, 2.75) is 52.9 Å². The molecule has 16 heavy (non-hydrogen) atoms. The van der Waals surface area contributed by atoms with E-state index in [1.165, 1.54) is 0 Å². The summed E-state index contributed by atoms with van der Waals surface area (Å²) in [5.74, 6) is 0.797. The lowest BCUT2D eigenvalue weighted by atomic mass is 9.66. The summed E-state index contributed by atoms with van der Waals surface area (Å²) in [7, 11) is 0. The molecule has 2 rings (SSSR count). The van der Waals surface area contributed by atoms with E-state index in [0.29, 0.717) is 18.0 Å². The first-order valence-corrected chi connectivity index (χ1v) is 6.52. The lowest BCUT2D eigenvalue weighted by Gasteiger charge is -2.37. The molecular weight excluding hydrogens is 200 g/mol. The van der Waals surface area contributed by atoms with Gasteiger partial charge in [-0.05, 0) is 31.1 Å². The average molecular weight is 222 g/mol. The van der Waals surface area contributed by atoms with E-state index in [4.69, 9.17) is 0 Å². The first kappa shape index (κ1) is 11.8. The Kier molecular flexibility index (Phi) is 2.93. The van der Waals surface area contributed by atoms with Crippen molar-refractivity contribution in [3.8, 4) is 0 Å². The van der Waals surface area contributed by atoms with Crippen molar-refractivity contribution in [2.24, 2.45) is 23.2 Å². The molecule has 0 amide bonds. The Morgan fingerprint density at radius 1 is 1.38 bits per heavy atom. The van der Waals surface area contributed by atoms with Crippen LogP contribution in [0.3, 0.4) is 0 Å². The molecule has 90 valence electrons. The molecule has 2 nitrogen and oxygen atoms in total. The van der Waals surface area contributed by atoms with Gasteiger partial charge in [-0.25, -0.2) is 0 Å². The van der Waals surface area contributed by atoms with Gasteiger partial charge in [0.1, 0.15) is 11.6 Å². The van der Waals surface area contributed by atoms with Crippen LogP contribution >= 0.6 is 0 Å². The van der Waals surface area contributed by atoms with E-state index in [-0.39, 0.29) is 23.2 Å². The number of ketones is 2. The summed E-state index contributed by atoms with van der Waals surface area (Å²) in [5, 5.41) is 0. The van der Waals surface area contributed by atoms with Crippen molar-refractivity contribution >= 4 is 11.6 Å². The molecule has 0 aromatic heterocycles. The molecule has 0 heterocycles. The second kappa shape index (κ2) is 3.97. The zero-order valence-electron chi connectivity index (χ0n) is 10.6. The van der Waals surface area contributed by atoms with E-state index in [0.717, 1.165) is 25.7 Å². The zero-order valence-corrected chi connectivity index (χ0v) is 10.6. The van der Waals surface area contributed by atoms with Crippen molar-refractivity contribution in [3.05, 3.63) is 0 Å². The van der Waals surface area contributed by atoms with Crippen LogP contribution in [0.5, 0.6) is 0 Å². The third-order valence-electron chi connectivity index (χ3n) is 4.63. The molecule has 0 spiro atoms. The smallest absolute Gasteiger partial charge is 0.139 e. The molecule has 3 atom stereocenters. The molecule has 0 aromatic rings. The average Bonchev–Trinajstić information content (AvgIpc) is 2.55. The molecule has 2 fully saturated rings. The lowest BCUT2D eigenvalue weighted by molar-refractivity contribution is -0.137. The van der Waals surface area contributed by atoms with Gasteiger partial charge >= 0.3 is 0 Å². The molecule has 0 unspecified atom stereocenters. The maximum absolute atomic E-state index is 12.1. The maximum Gasteiger partial charge on any atom is 0.139 e. The minimum absolute atomic E-state index is 0.0257. The van der Waals surface area contributed by atoms with E-state index < -0.39 is 0 Å². The van der Waals surface area contributed by atoms with Crippen LogP contribution in [0.1, 0.15) is 52.9 Å². The van der Waals surface area contributed by atoms with Gasteiger partial charge in [-0.15, -0.1) is 0 Å². The molecule has 0 bridgehead atoms. The molecule has 2 heteroatoms. The Labute approximate surface area is 97.8 Å². The number of Topliss-reactive ketones (excluding diaryl/α,β-unsaturated/α-hetero) is 2. The van der Waals surface area contributed by atoms with E-state index in [9.17, 15) is 9.59 Å². The van der Waals surface area contributed by atoms with Gasteiger partial charge in [-0.3, -0.25) is 9.59 Å². The van der Waals surface area contributed by atoms with Crippen LogP contribution in [0.4, 0.5) is 0 Å².